The summed E-state index contributed by atoms with van der Waals surface area (Å²) in [7, 11) is 0. The van der Waals surface area contributed by atoms with Crippen LogP contribution in [0.25, 0.3) is 0 Å². The molecule has 1 fully saturated rings. The number of hydrogen-bond acceptors (Lipinski definition) is 4. The van der Waals surface area contributed by atoms with Crippen LogP contribution >= 0.6 is 0 Å². The summed E-state index contributed by atoms with van der Waals surface area (Å²) < 4.78 is 5.18. The van der Waals surface area contributed by atoms with Gasteiger partial charge in [-0.15, -0.1) is 0 Å². The van der Waals surface area contributed by atoms with Crippen molar-refractivity contribution in [1.29, 1.82) is 0 Å². The zero-order valence-electron chi connectivity index (χ0n) is 11.3. The van der Waals surface area contributed by atoms with Crippen molar-refractivity contribution in [3.05, 3.63) is 0 Å². The smallest absolute Gasteiger partial charge is 0.408 e. The van der Waals surface area contributed by atoms with E-state index < -0.39 is 17.3 Å². The van der Waals surface area contributed by atoms with Gasteiger partial charge in [-0.05, 0) is 33.6 Å². The van der Waals surface area contributed by atoms with Gasteiger partial charge in [-0.2, -0.15) is 0 Å². The molecule has 1 rings (SSSR count). The predicted octanol–water partition coefficient (Wildman–Crippen LogP) is 0.870. The van der Waals surface area contributed by atoms with Gasteiger partial charge in [0.05, 0.1) is 11.6 Å². The summed E-state index contributed by atoms with van der Waals surface area (Å²) in [5.74, 6) is 0.0798. The number of ether oxygens (including phenoxy) is 1. The van der Waals surface area contributed by atoms with E-state index in [9.17, 15) is 9.90 Å². The number of rotatable bonds is 1. The van der Waals surface area contributed by atoms with E-state index in [-0.39, 0.29) is 12.0 Å². The molecule has 0 aromatic heterocycles. The molecular formula is C12H24N2O3. The highest BCUT2D eigenvalue weighted by atomic mass is 16.6. The first kappa shape index (κ1) is 14.3. The van der Waals surface area contributed by atoms with Crippen molar-refractivity contribution >= 4 is 6.09 Å². The fraction of sp³-hybridized carbons (Fsp3) is 0.917. The van der Waals surface area contributed by atoms with Crippen LogP contribution in [-0.2, 0) is 4.74 Å². The molecule has 5 heteroatoms. The molecule has 1 heterocycles. The molecule has 3 N–H and O–H groups in total. The van der Waals surface area contributed by atoms with Gasteiger partial charge in [-0.25, -0.2) is 4.79 Å². The Morgan fingerprint density at radius 3 is 2.59 bits per heavy atom. The number of hydrogen-bond donors (Lipinski definition) is 3. The van der Waals surface area contributed by atoms with Crippen LogP contribution in [0.2, 0.25) is 0 Å². The van der Waals surface area contributed by atoms with Crippen LogP contribution in [0.3, 0.4) is 0 Å². The molecule has 3 atom stereocenters. The third kappa shape index (κ3) is 3.85. The first-order chi connectivity index (χ1) is 7.63. The lowest BCUT2D eigenvalue weighted by Crippen LogP contribution is -2.64. The zero-order chi connectivity index (χ0) is 13.3. The van der Waals surface area contributed by atoms with Crippen LogP contribution in [-0.4, -0.2) is 41.5 Å². The van der Waals surface area contributed by atoms with Gasteiger partial charge >= 0.3 is 6.09 Å². The Morgan fingerprint density at radius 2 is 2.06 bits per heavy atom. The number of nitrogens with one attached hydrogen (secondary N) is 2. The Labute approximate surface area is 103 Å². The van der Waals surface area contributed by atoms with E-state index in [1.165, 1.54) is 0 Å². The lowest BCUT2D eigenvalue weighted by atomic mass is 9.81. The lowest BCUT2D eigenvalue weighted by Gasteiger charge is -2.42. The van der Waals surface area contributed by atoms with E-state index in [4.69, 9.17) is 4.74 Å². The minimum Gasteiger partial charge on any atom is -0.444 e. The highest BCUT2D eigenvalue weighted by Crippen LogP contribution is 2.24. The van der Waals surface area contributed by atoms with Crippen LogP contribution in [0, 0.1) is 5.92 Å². The van der Waals surface area contributed by atoms with Crippen molar-refractivity contribution in [2.75, 3.05) is 13.1 Å². The topological polar surface area (TPSA) is 70.6 Å². The molecule has 0 saturated carbocycles. The van der Waals surface area contributed by atoms with Crippen LogP contribution in [0.1, 0.15) is 34.6 Å². The summed E-state index contributed by atoms with van der Waals surface area (Å²) in [4.78, 5) is 11.6. The molecule has 0 radical (unpaired) electrons. The molecule has 0 aromatic rings. The van der Waals surface area contributed by atoms with Gasteiger partial charge in [0.1, 0.15) is 5.60 Å². The standard InChI is InChI=1S/C12H24N2O3/c1-8-6-13-7-9(12(8,5)16)14-10(15)17-11(2,3)4/h8-9,13,16H,6-7H2,1-5H3,(H,14,15)/t8-,9+,12?/m0/s1. The number of carbonyl (C=O) groups is 1. The SMILES string of the molecule is C[C@H]1CNC[C@@H](NC(=O)OC(C)(C)C)C1(C)O. The van der Waals surface area contributed by atoms with Crippen LogP contribution in [0.4, 0.5) is 4.79 Å². The molecule has 1 aliphatic heterocycles. The first-order valence-corrected chi connectivity index (χ1v) is 6.05. The number of carbonyl (C=O) groups excluding carboxylic acids is 1. The van der Waals surface area contributed by atoms with E-state index in [1.807, 2.05) is 27.7 Å². The lowest BCUT2D eigenvalue weighted by molar-refractivity contribution is -0.0469. The number of piperidine rings is 1. The van der Waals surface area contributed by atoms with Crippen molar-refractivity contribution in [2.45, 2.75) is 51.9 Å². The Morgan fingerprint density at radius 1 is 1.47 bits per heavy atom. The van der Waals surface area contributed by atoms with Crippen molar-refractivity contribution in [1.82, 2.24) is 10.6 Å². The molecule has 1 saturated heterocycles. The van der Waals surface area contributed by atoms with E-state index in [0.717, 1.165) is 6.54 Å². The molecule has 1 unspecified atom stereocenters. The molecule has 0 bridgehead atoms. The predicted molar refractivity (Wildman–Crippen MR) is 65.8 cm³/mol. The summed E-state index contributed by atoms with van der Waals surface area (Å²) in [6, 6.07) is -0.332. The molecule has 1 aliphatic rings. The third-order valence-corrected chi connectivity index (χ3v) is 3.19. The summed E-state index contributed by atoms with van der Waals surface area (Å²) in [6.07, 6.45) is -0.487. The van der Waals surface area contributed by atoms with Crippen LogP contribution in [0.15, 0.2) is 0 Å². The second-order valence-electron chi connectivity index (χ2n) is 5.98. The molecule has 17 heavy (non-hydrogen) atoms. The molecule has 100 valence electrons. The molecule has 5 nitrogen and oxygen atoms in total. The van der Waals surface area contributed by atoms with Gasteiger partial charge in [0.15, 0.2) is 0 Å². The number of aliphatic hydroxyl groups is 1. The maximum Gasteiger partial charge on any atom is 0.408 e. The second-order valence-corrected chi connectivity index (χ2v) is 5.98. The van der Waals surface area contributed by atoms with Gasteiger partial charge in [-0.3, -0.25) is 0 Å². The molecular weight excluding hydrogens is 220 g/mol. The van der Waals surface area contributed by atoms with Crippen LogP contribution in [0.5, 0.6) is 0 Å². The molecule has 1 amide bonds. The summed E-state index contributed by atoms with van der Waals surface area (Å²) >= 11 is 0. The molecule has 0 spiro atoms. The highest BCUT2D eigenvalue weighted by molar-refractivity contribution is 5.68. The largest absolute Gasteiger partial charge is 0.444 e. The minimum absolute atomic E-state index is 0.0798. The first-order valence-electron chi connectivity index (χ1n) is 6.05. The second kappa shape index (κ2) is 4.82. The Bertz CT molecular complexity index is 284. The Hall–Kier alpha value is -0.810. The summed E-state index contributed by atoms with van der Waals surface area (Å²) in [6.45, 7) is 10.4. The maximum absolute atomic E-state index is 11.6. The van der Waals surface area contributed by atoms with E-state index in [2.05, 4.69) is 10.6 Å². The summed E-state index contributed by atoms with van der Waals surface area (Å²) in [5, 5.41) is 16.2. The highest BCUT2D eigenvalue weighted by Gasteiger charge is 2.41. The Kier molecular flexibility index (Phi) is 4.04. The van der Waals surface area contributed by atoms with E-state index in [1.54, 1.807) is 6.92 Å². The zero-order valence-corrected chi connectivity index (χ0v) is 11.3. The number of alkyl carbamates (subject to hydrolysis) is 1. The number of amides is 1. The van der Waals surface area contributed by atoms with Crippen molar-refractivity contribution < 1.29 is 14.6 Å². The minimum atomic E-state index is -0.915. The van der Waals surface area contributed by atoms with E-state index in [0.29, 0.717) is 6.54 Å². The fourth-order valence-corrected chi connectivity index (χ4v) is 1.85. The normalized spacial score (nSPS) is 34.2. The third-order valence-electron chi connectivity index (χ3n) is 3.19. The van der Waals surface area contributed by atoms with E-state index >= 15 is 0 Å². The fourth-order valence-electron chi connectivity index (χ4n) is 1.85. The van der Waals surface area contributed by atoms with Gasteiger partial charge < -0.3 is 20.5 Å². The van der Waals surface area contributed by atoms with Gasteiger partial charge in [-0.1, -0.05) is 6.92 Å². The quantitative estimate of drug-likeness (QED) is 0.640. The monoisotopic (exact) mass is 244 g/mol. The van der Waals surface area contributed by atoms with Crippen molar-refractivity contribution in [3.8, 4) is 0 Å². The van der Waals surface area contributed by atoms with Crippen molar-refractivity contribution in [3.63, 3.8) is 0 Å². The van der Waals surface area contributed by atoms with Gasteiger partial charge in [0, 0.05) is 13.1 Å². The maximum atomic E-state index is 11.6. The summed E-state index contributed by atoms with van der Waals surface area (Å²) in [5.41, 5.74) is -1.44. The average molecular weight is 244 g/mol. The molecule has 0 aliphatic carbocycles. The van der Waals surface area contributed by atoms with Crippen LogP contribution < -0.4 is 10.6 Å². The van der Waals surface area contributed by atoms with Gasteiger partial charge in [0.2, 0.25) is 0 Å². The Balaban J connectivity index is 2.58. The average Bonchev–Trinajstić information content (AvgIpc) is 2.10. The van der Waals surface area contributed by atoms with Crippen molar-refractivity contribution in [2.24, 2.45) is 5.92 Å². The molecule has 0 aromatic carbocycles. The van der Waals surface area contributed by atoms with Gasteiger partial charge in [0.25, 0.3) is 0 Å².